The molecule has 0 fully saturated rings. The molecule has 0 bridgehead atoms. The minimum absolute atomic E-state index is 0.192. The molecule has 0 saturated heterocycles. The minimum atomic E-state index is -0.192. The Hall–Kier alpha value is -3.38. The lowest BCUT2D eigenvalue weighted by Crippen LogP contribution is -2.28. The van der Waals surface area contributed by atoms with Crippen LogP contribution in [0, 0.1) is 0 Å². The number of nitrogens with one attached hydrogen (secondary N) is 1. The van der Waals surface area contributed by atoms with E-state index in [1.807, 2.05) is 71.4 Å². The molecule has 4 aromatic rings. The van der Waals surface area contributed by atoms with Gasteiger partial charge in [-0.1, -0.05) is 30.3 Å². The first-order valence-corrected chi connectivity index (χ1v) is 9.22. The van der Waals surface area contributed by atoms with E-state index in [0.29, 0.717) is 22.0 Å². The van der Waals surface area contributed by atoms with Gasteiger partial charge in [-0.3, -0.25) is 4.79 Å². The van der Waals surface area contributed by atoms with Crippen molar-refractivity contribution in [3.05, 3.63) is 84.9 Å². The zero-order valence-corrected chi connectivity index (χ0v) is 16.1. The second kappa shape index (κ2) is 7.70. The maximum Gasteiger partial charge on any atom is 0.256 e. The summed E-state index contributed by atoms with van der Waals surface area (Å²) >= 11 is 4.52. The van der Waals surface area contributed by atoms with E-state index in [-0.39, 0.29) is 5.91 Å². The topological polar surface area (TPSA) is 59.3 Å². The molecule has 0 aliphatic heterocycles. The van der Waals surface area contributed by atoms with Gasteiger partial charge in [-0.15, -0.1) is 12.6 Å². The van der Waals surface area contributed by atoms with Crippen LogP contribution in [0.1, 0.15) is 17.3 Å². The summed E-state index contributed by atoms with van der Waals surface area (Å²) in [6.07, 6.45) is 5.30. The molecule has 0 unspecified atom stereocenters. The normalized spacial score (nSPS) is 11.6. The molecule has 4 rings (SSSR count). The molecule has 0 spiro atoms. The van der Waals surface area contributed by atoms with Gasteiger partial charge in [0.1, 0.15) is 5.84 Å². The van der Waals surface area contributed by atoms with Crippen molar-refractivity contribution < 1.29 is 4.79 Å². The molecule has 5 nitrogen and oxygen atoms in total. The summed E-state index contributed by atoms with van der Waals surface area (Å²) in [6.45, 7) is 1.76. The molecule has 1 aromatic heterocycles. The Labute approximate surface area is 168 Å². The van der Waals surface area contributed by atoms with Crippen LogP contribution in [0.15, 0.2) is 89.3 Å². The highest BCUT2D eigenvalue weighted by Crippen LogP contribution is 2.26. The second-order valence-electron chi connectivity index (χ2n) is 6.36. The van der Waals surface area contributed by atoms with Gasteiger partial charge in [0, 0.05) is 28.5 Å². The highest BCUT2D eigenvalue weighted by atomic mass is 32.1. The van der Waals surface area contributed by atoms with Crippen LogP contribution >= 0.6 is 12.6 Å². The molecule has 0 aliphatic carbocycles. The summed E-state index contributed by atoms with van der Waals surface area (Å²) in [5.41, 5.74) is 2.22. The summed E-state index contributed by atoms with van der Waals surface area (Å²) in [6, 6.07) is 19.3. The first-order valence-electron chi connectivity index (χ1n) is 8.77. The van der Waals surface area contributed by atoms with Crippen LogP contribution in [0.4, 0.5) is 5.69 Å². The van der Waals surface area contributed by atoms with Crippen molar-refractivity contribution in [3.8, 4) is 5.69 Å². The van der Waals surface area contributed by atoms with Gasteiger partial charge in [0.05, 0.1) is 12.0 Å². The zero-order valence-electron chi connectivity index (χ0n) is 15.2. The number of aromatic nitrogens is 2. The van der Waals surface area contributed by atoms with E-state index >= 15 is 0 Å². The van der Waals surface area contributed by atoms with Crippen molar-refractivity contribution in [1.82, 2.24) is 14.9 Å². The molecule has 3 aromatic carbocycles. The smallest absolute Gasteiger partial charge is 0.256 e. The number of aliphatic imine (C=N–C) groups is 1. The van der Waals surface area contributed by atoms with Crippen molar-refractivity contribution >= 4 is 40.8 Å². The maximum atomic E-state index is 12.6. The van der Waals surface area contributed by atoms with Crippen LogP contribution in [0.2, 0.25) is 0 Å². The molecule has 6 heteroatoms. The Morgan fingerprint density at radius 2 is 1.89 bits per heavy atom. The molecule has 1 heterocycles. The van der Waals surface area contributed by atoms with Crippen LogP contribution < -0.4 is 5.32 Å². The summed E-state index contributed by atoms with van der Waals surface area (Å²) in [5, 5.41) is 4.97. The van der Waals surface area contributed by atoms with E-state index in [1.165, 1.54) is 0 Å². The molecule has 0 atom stereocenters. The summed E-state index contributed by atoms with van der Waals surface area (Å²) in [4.78, 5) is 21.8. The standard InChI is InChI=1S/C22H18N4OS/c1-15(24-20-9-8-19(13-21(20)28)26-11-10-23-14-26)25-22(27)18-7-6-16-4-2-3-5-17(16)12-18/h2-14,28H,1H3,(H,24,25,27). The lowest BCUT2D eigenvalue weighted by Gasteiger charge is -2.08. The van der Waals surface area contributed by atoms with Gasteiger partial charge in [-0.25, -0.2) is 9.98 Å². The molecule has 28 heavy (non-hydrogen) atoms. The fraction of sp³-hybridized carbons (Fsp3) is 0.0455. The number of benzene rings is 3. The molecular formula is C22H18N4OS. The summed E-state index contributed by atoms with van der Waals surface area (Å²) in [7, 11) is 0. The largest absolute Gasteiger partial charge is 0.310 e. The summed E-state index contributed by atoms with van der Waals surface area (Å²) < 4.78 is 1.89. The van der Waals surface area contributed by atoms with E-state index in [2.05, 4.69) is 27.9 Å². The van der Waals surface area contributed by atoms with Gasteiger partial charge in [0.2, 0.25) is 0 Å². The van der Waals surface area contributed by atoms with Crippen molar-refractivity contribution in [2.45, 2.75) is 11.8 Å². The summed E-state index contributed by atoms with van der Waals surface area (Å²) in [5.74, 6) is 0.312. The van der Waals surface area contributed by atoms with E-state index in [9.17, 15) is 4.79 Å². The minimum Gasteiger partial charge on any atom is -0.310 e. The Morgan fingerprint density at radius 3 is 2.64 bits per heavy atom. The van der Waals surface area contributed by atoms with Gasteiger partial charge in [-0.05, 0) is 48.0 Å². The zero-order chi connectivity index (χ0) is 19.5. The number of amidine groups is 1. The van der Waals surface area contributed by atoms with E-state index in [1.54, 1.807) is 19.4 Å². The number of carbonyl (C=O) groups is 1. The van der Waals surface area contributed by atoms with Gasteiger partial charge >= 0.3 is 0 Å². The monoisotopic (exact) mass is 386 g/mol. The third kappa shape index (κ3) is 3.82. The molecule has 0 saturated carbocycles. The van der Waals surface area contributed by atoms with Gasteiger partial charge in [-0.2, -0.15) is 0 Å². The number of thiol groups is 1. The number of carbonyl (C=O) groups excluding carboxylic acids is 1. The Kier molecular flexibility index (Phi) is 4.95. The molecule has 1 N–H and O–H groups in total. The van der Waals surface area contributed by atoms with Crippen molar-refractivity contribution in [2.24, 2.45) is 4.99 Å². The molecule has 1 amide bonds. The van der Waals surface area contributed by atoms with Crippen LogP contribution in [-0.4, -0.2) is 21.3 Å². The van der Waals surface area contributed by atoms with Crippen LogP contribution in [-0.2, 0) is 0 Å². The fourth-order valence-corrected chi connectivity index (χ4v) is 3.21. The lowest BCUT2D eigenvalue weighted by atomic mass is 10.1. The second-order valence-corrected chi connectivity index (χ2v) is 6.84. The number of rotatable bonds is 3. The fourth-order valence-electron chi connectivity index (χ4n) is 2.95. The van der Waals surface area contributed by atoms with Gasteiger partial charge in [0.25, 0.3) is 5.91 Å². The molecule has 0 aliphatic rings. The van der Waals surface area contributed by atoms with E-state index in [4.69, 9.17) is 0 Å². The van der Waals surface area contributed by atoms with Crippen molar-refractivity contribution in [3.63, 3.8) is 0 Å². The predicted molar refractivity (Wildman–Crippen MR) is 115 cm³/mol. The van der Waals surface area contributed by atoms with Crippen LogP contribution in [0.5, 0.6) is 0 Å². The highest BCUT2D eigenvalue weighted by Gasteiger charge is 2.08. The van der Waals surface area contributed by atoms with Crippen LogP contribution in [0.25, 0.3) is 16.5 Å². The average molecular weight is 386 g/mol. The number of hydrogen-bond acceptors (Lipinski definition) is 4. The molecule has 138 valence electrons. The Balaban J connectivity index is 1.52. The Bertz CT molecular complexity index is 1180. The number of fused-ring (bicyclic) bond motifs is 1. The van der Waals surface area contributed by atoms with Crippen molar-refractivity contribution in [1.29, 1.82) is 0 Å². The Morgan fingerprint density at radius 1 is 1.07 bits per heavy atom. The van der Waals surface area contributed by atoms with E-state index < -0.39 is 0 Å². The highest BCUT2D eigenvalue weighted by molar-refractivity contribution is 7.80. The van der Waals surface area contributed by atoms with Crippen molar-refractivity contribution in [2.75, 3.05) is 0 Å². The third-order valence-electron chi connectivity index (χ3n) is 4.36. The average Bonchev–Trinajstić information content (AvgIpc) is 3.24. The van der Waals surface area contributed by atoms with Crippen LogP contribution in [0.3, 0.4) is 0 Å². The number of amides is 1. The predicted octanol–water partition coefficient (Wildman–Crippen LogP) is 4.79. The first kappa shape index (κ1) is 18.0. The third-order valence-corrected chi connectivity index (χ3v) is 4.71. The van der Waals surface area contributed by atoms with Gasteiger partial charge in [0.15, 0.2) is 0 Å². The van der Waals surface area contributed by atoms with E-state index in [0.717, 1.165) is 16.5 Å². The number of imidazole rings is 1. The molecule has 0 radical (unpaired) electrons. The SMILES string of the molecule is CC(=Nc1ccc(-n2ccnc2)cc1S)NC(=O)c1ccc2ccccc2c1. The number of nitrogens with zero attached hydrogens (tertiary/aromatic N) is 3. The molecular weight excluding hydrogens is 368 g/mol. The van der Waals surface area contributed by atoms with Gasteiger partial charge < -0.3 is 9.88 Å². The first-order chi connectivity index (χ1) is 13.6. The lowest BCUT2D eigenvalue weighted by molar-refractivity contribution is 0.0977. The number of hydrogen-bond donors (Lipinski definition) is 2. The maximum absolute atomic E-state index is 12.6. The quantitative estimate of drug-likeness (QED) is 0.302.